The van der Waals surface area contributed by atoms with E-state index in [1.54, 1.807) is 4.90 Å². The Morgan fingerprint density at radius 2 is 1.00 bits per heavy atom. The van der Waals surface area contributed by atoms with Gasteiger partial charge in [-0.1, -0.05) is 0 Å². The van der Waals surface area contributed by atoms with Crippen molar-refractivity contribution in [2.75, 3.05) is 65.9 Å². The van der Waals surface area contributed by atoms with Crippen LogP contribution in [0.3, 0.4) is 0 Å². The zero-order valence-electron chi connectivity index (χ0n) is 10.1. The Bertz CT molecular complexity index is 175. The summed E-state index contributed by atoms with van der Waals surface area (Å²) in [5.41, 5.74) is 0. The van der Waals surface area contributed by atoms with Crippen molar-refractivity contribution in [3.05, 3.63) is 0 Å². The minimum atomic E-state index is 0.526. The van der Waals surface area contributed by atoms with Crippen molar-refractivity contribution >= 4 is 6.41 Å². The molecule has 0 spiro atoms. The van der Waals surface area contributed by atoms with Crippen molar-refractivity contribution in [3.8, 4) is 0 Å². The van der Waals surface area contributed by atoms with Gasteiger partial charge in [0.15, 0.2) is 0 Å². The molecule has 0 bridgehead atoms. The molecule has 1 aliphatic rings. The molecule has 0 N–H and O–H groups in total. The standard InChI is InChI=1S/C11H21NO5/c13-11-12-1-3-14-5-7-16-9-10-17-8-6-15-4-2-12/h11H,1-10H2. The topological polar surface area (TPSA) is 57.2 Å². The van der Waals surface area contributed by atoms with Crippen LogP contribution in [-0.4, -0.2) is 77.3 Å². The fourth-order valence-electron chi connectivity index (χ4n) is 1.34. The molecule has 0 unspecified atom stereocenters. The second-order valence-corrected chi connectivity index (χ2v) is 3.59. The molecule has 0 saturated carbocycles. The number of nitrogens with zero attached hydrogens (tertiary/aromatic N) is 1. The smallest absolute Gasteiger partial charge is 0.209 e. The van der Waals surface area contributed by atoms with Crippen molar-refractivity contribution in [2.45, 2.75) is 0 Å². The molecule has 6 nitrogen and oxygen atoms in total. The van der Waals surface area contributed by atoms with Gasteiger partial charge in [0.25, 0.3) is 0 Å². The van der Waals surface area contributed by atoms with Crippen molar-refractivity contribution in [3.63, 3.8) is 0 Å². The highest BCUT2D eigenvalue weighted by molar-refractivity contribution is 5.46. The maximum absolute atomic E-state index is 10.7. The third kappa shape index (κ3) is 8.09. The zero-order chi connectivity index (χ0) is 12.2. The summed E-state index contributed by atoms with van der Waals surface area (Å²) in [6.45, 7) is 5.58. The van der Waals surface area contributed by atoms with E-state index in [0.29, 0.717) is 65.9 Å². The molecule has 17 heavy (non-hydrogen) atoms. The summed E-state index contributed by atoms with van der Waals surface area (Å²) < 4.78 is 21.2. The maximum Gasteiger partial charge on any atom is 0.209 e. The lowest BCUT2D eigenvalue weighted by atomic mass is 10.5. The monoisotopic (exact) mass is 247 g/mol. The molecule has 0 aromatic heterocycles. The number of carbonyl (C=O) groups is 1. The van der Waals surface area contributed by atoms with E-state index in [1.807, 2.05) is 0 Å². The first-order valence-corrected chi connectivity index (χ1v) is 5.94. The largest absolute Gasteiger partial charge is 0.377 e. The van der Waals surface area contributed by atoms with Gasteiger partial charge in [0.1, 0.15) is 0 Å². The molecule has 1 fully saturated rings. The molecular formula is C11H21NO5. The molecule has 0 aromatic rings. The van der Waals surface area contributed by atoms with Gasteiger partial charge >= 0.3 is 0 Å². The SMILES string of the molecule is O=CN1CCOCCOCCOCCOCC1. The lowest BCUT2D eigenvalue weighted by Gasteiger charge is -2.16. The van der Waals surface area contributed by atoms with E-state index in [2.05, 4.69) is 0 Å². The van der Waals surface area contributed by atoms with E-state index in [-0.39, 0.29) is 0 Å². The molecule has 100 valence electrons. The zero-order valence-corrected chi connectivity index (χ0v) is 10.1. The molecule has 1 heterocycles. The van der Waals surface area contributed by atoms with Crippen LogP contribution >= 0.6 is 0 Å². The highest BCUT2D eigenvalue weighted by Crippen LogP contribution is 1.88. The first-order valence-electron chi connectivity index (χ1n) is 5.94. The van der Waals surface area contributed by atoms with Gasteiger partial charge in [-0.3, -0.25) is 4.79 Å². The van der Waals surface area contributed by atoms with E-state index in [0.717, 1.165) is 6.41 Å². The Kier molecular flexibility index (Phi) is 8.85. The fraction of sp³-hybridized carbons (Fsp3) is 0.909. The quantitative estimate of drug-likeness (QED) is 0.586. The summed E-state index contributed by atoms with van der Waals surface area (Å²) in [4.78, 5) is 12.4. The summed E-state index contributed by atoms with van der Waals surface area (Å²) >= 11 is 0. The predicted octanol–water partition coefficient (Wildman–Crippen LogP) is -0.475. The normalized spacial score (nSPS) is 22.5. The summed E-state index contributed by atoms with van der Waals surface area (Å²) in [5, 5.41) is 0. The van der Waals surface area contributed by atoms with E-state index in [9.17, 15) is 4.79 Å². The first kappa shape index (κ1) is 14.4. The van der Waals surface area contributed by atoms with Gasteiger partial charge in [0.2, 0.25) is 6.41 Å². The summed E-state index contributed by atoms with van der Waals surface area (Å²) in [6, 6.07) is 0. The molecule has 1 amide bonds. The molecule has 0 aromatic carbocycles. The first-order chi connectivity index (χ1) is 8.43. The molecule has 1 aliphatic heterocycles. The van der Waals surface area contributed by atoms with Gasteiger partial charge < -0.3 is 23.8 Å². The second kappa shape index (κ2) is 10.5. The number of carbonyl (C=O) groups excluding carboxylic acids is 1. The Hall–Kier alpha value is -0.690. The molecular weight excluding hydrogens is 226 g/mol. The molecule has 6 heteroatoms. The Morgan fingerprint density at radius 3 is 1.35 bits per heavy atom. The summed E-state index contributed by atoms with van der Waals surface area (Å²) in [5.74, 6) is 0. The lowest BCUT2D eigenvalue weighted by molar-refractivity contribution is -0.119. The average Bonchev–Trinajstić information content (AvgIpc) is 2.36. The number of hydrogen-bond acceptors (Lipinski definition) is 5. The maximum atomic E-state index is 10.7. The van der Waals surface area contributed by atoms with E-state index < -0.39 is 0 Å². The third-order valence-corrected chi connectivity index (χ3v) is 2.31. The van der Waals surface area contributed by atoms with Crippen LogP contribution in [0, 0.1) is 0 Å². The van der Waals surface area contributed by atoms with Crippen LogP contribution in [0.5, 0.6) is 0 Å². The van der Waals surface area contributed by atoms with Crippen molar-refractivity contribution < 1.29 is 23.7 Å². The molecule has 0 atom stereocenters. The van der Waals surface area contributed by atoms with Crippen LogP contribution in [-0.2, 0) is 23.7 Å². The van der Waals surface area contributed by atoms with Gasteiger partial charge in [-0.05, 0) is 0 Å². The van der Waals surface area contributed by atoms with Crippen LogP contribution in [0.15, 0.2) is 0 Å². The van der Waals surface area contributed by atoms with Crippen LogP contribution in [0.2, 0.25) is 0 Å². The van der Waals surface area contributed by atoms with Gasteiger partial charge in [-0.25, -0.2) is 0 Å². The van der Waals surface area contributed by atoms with E-state index in [1.165, 1.54) is 0 Å². The number of amides is 1. The van der Waals surface area contributed by atoms with Gasteiger partial charge in [0.05, 0.1) is 52.9 Å². The van der Waals surface area contributed by atoms with Gasteiger partial charge in [-0.15, -0.1) is 0 Å². The highest BCUT2D eigenvalue weighted by atomic mass is 16.6. The van der Waals surface area contributed by atoms with Crippen LogP contribution in [0.4, 0.5) is 0 Å². The summed E-state index contributed by atoms with van der Waals surface area (Å²) in [6.07, 6.45) is 0.817. The average molecular weight is 247 g/mol. The number of rotatable bonds is 1. The van der Waals surface area contributed by atoms with E-state index in [4.69, 9.17) is 18.9 Å². The molecule has 0 aliphatic carbocycles. The van der Waals surface area contributed by atoms with Gasteiger partial charge in [-0.2, -0.15) is 0 Å². The molecule has 1 saturated heterocycles. The van der Waals surface area contributed by atoms with Crippen molar-refractivity contribution in [1.29, 1.82) is 0 Å². The summed E-state index contributed by atoms with van der Waals surface area (Å²) in [7, 11) is 0. The minimum absolute atomic E-state index is 0.526. The van der Waals surface area contributed by atoms with Crippen molar-refractivity contribution in [2.24, 2.45) is 0 Å². The highest BCUT2D eigenvalue weighted by Gasteiger charge is 2.02. The van der Waals surface area contributed by atoms with Crippen LogP contribution in [0.1, 0.15) is 0 Å². The van der Waals surface area contributed by atoms with Gasteiger partial charge in [0, 0.05) is 13.1 Å². The minimum Gasteiger partial charge on any atom is -0.377 e. The van der Waals surface area contributed by atoms with Crippen LogP contribution < -0.4 is 0 Å². The fourth-order valence-corrected chi connectivity index (χ4v) is 1.34. The lowest BCUT2D eigenvalue weighted by Crippen LogP contribution is -2.30. The Morgan fingerprint density at radius 1 is 0.647 bits per heavy atom. The molecule has 0 radical (unpaired) electrons. The van der Waals surface area contributed by atoms with E-state index >= 15 is 0 Å². The number of hydrogen-bond donors (Lipinski definition) is 0. The van der Waals surface area contributed by atoms with Crippen LogP contribution in [0.25, 0.3) is 0 Å². The Labute approximate surface area is 102 Å². The predicted molar refractivity (Wildman–Crippen MR) is 60.9 cm³/mol. The van der Waals surface area contributed by atoms with Crippen molar-refractivity contribution in [1.82, 2.24) is 4.90 Å². The molecule has 1 rings (SSSR count). The number of ether oxygens (including phenoxy) is 4. The third-order valence-electron chi connectivity index (χ3n) is 2.31. The Balaban J connectivity index is 2.19. The second-order valence-electron chi connectivity index (χ2n) is 3.59.